The number of hydrogen-bond acceptors (Lipinski definition) is 2. The second-order valence-corrected chi connectivity index (χ2v) is 5.65. The second-order valence-electron chi connectivity index (χ2n) is 5.65. The number of pyridine rings is 1. The van der Waals surface area contributed by atoms with Gasteiger partial charge in [0, 0.05) is 16.6 Å². The molecule has 3 heteroatoms. The highest BCUT2D eigenvalue weighted by Gasteiger charge is 2.27. The van der Waals surface area contributed by atoms with Crippen LogP contribution in [0.1, 0.15) is 37.1 Å². The maximum absolute atomic E-state index is 13.5. The Kier molecular flexibility index (Phi) is 2.42. The molecule has 1 aliphatic carbocycles. The van der Waals surface area contributed by atoms with Crippen LogP contribution in [0.4, 0.5) is 4.39 Å². The van der Waals surface area contributed by atoms with Gasteiger partial charge >= 0.3 is 0 Å². The molecule has 1 aliphatic rings. The number of nitrogens with zero attached hydrogens (tertiary/aromatic N) is 1. The summed E-state index contributed by atoms with van der Waals surface area (Å²) in [6.45, 7) is 3.95. The molecule has 0 spiro atoms. The van der Waals surface area contributed by atoms with Gasteiger partial charge in [0.1, 0.15) is 5.82 Å². The van der Waals surface area contributed by atoms with Crippen molar-refractivity contribution in [1.29, 1.82) is 0 Å². The van der Waals surface area contributed by atoms with Crippen LogP contribution in [0.2, 0.25) is 0 Å². The summed E-state index contributed by atoms with van der Waals surface area (Å²) in [6, 6.07) is 4.77. The summed E-state index contributed by atoms with van der Waals surface area (Å²) in [7, 11) is 0. The molecule has 0 atom stereocenters. The maximum atomic E-state index is 13.5. The molecule has 0 saturated heterocycles. The Morgan fingerprint density at radius 2 is 2.06 bits per heavy atom. The van der Waals surface area contributed by atoms with E-state index in [0.29, 0.717) is 0 Å². The van der Waals surface area contributed by atoms with Gasteiger partial charge in [0.15, 0.2) is 0 Å². The van der Waals surface area contributed by atoms with Crippen LogP contribution >= 0.6 is 0 Å². The Balaban J connectivity index is 2.44. The zero-order valence-electron chi connectivity index (χ0n) is 10.8. The third-order valence-corrected chi connectivity index (χ3v) is 3.62. The van der Waals surface area contributed by atoms with Crippen molar-refractivity contribution >= 4 is 10.9 Å². The quantitative estimate of drug-likeness (QED) is 0.837. The van der Waals surface area contributed by atoms with E-state index in [1.165, 1.54) is 11.6 Å². The molecule has 0 bridgehead atoms. The van der Waals surface area contributed by atoms with Crippen LogP contribution in [0.3, 0.4) is 0 Å². The van der Waals surface area contributed by atoms with Crippen LogP contribution in [-0.4, -0.2) is 4.98 Å². The van der Waals surface area contributed by atoms with E-state index < -0.39 is 5.54 Å². The van der Waals surface area contributed by atoms with E-state index in [2.05, 4.69) is 4.98 Å². The number of rotatable bonds is 1. The summed E-state index contributed by atoms with van der Waals surface area (Å²) in [5, 5.41) is 0.864. The van der Waals surface area contributed by atoms with Crippen molar-refractivity contribution in [1.82, 2.24) is 4.98 Å². The molecule has 0 aliphatic heterocycles. The molecule has 2 nitrogen and oxygen atoms in total. The monoisotopic (exact) mass is 244 g/mol. The normalized spacial score (nSPS) is 15.1. The molecular weight excluding hydrogens is 227 g/mol. The number of nitrogens with two attached hydrogens (primary N) is 1. The Hall–Kier alpha value is -1.48. The lowest BCUT2D eigenvalue weighted by molar-refractivity contribution is 0.553. The smallest absolute Gasteiger partial charge is 0.123 e. The van der Waals surface area contributed by atoms with Gasteiger partial charge in [-0.05, 0) is 62.4 Å². The fourth-order valence-corrected chi connectivity index (χ4v) is 2.97. The van der Waals surface area contributed by atoms with Gasteiger partial charge in [-0.15, -0.1) is 0 Å². The highest BCUT2D eigenvalue weighted by Crippen LogP contribution is 2.35. The Morgan fingerprint density at radius 3 is 2.78 bits per heavy atom. The molecular formula is C15H17FN2. The Labute approximate surface area is 106 Å². The minimum atomic E-state index is -0.469. The molecule has 0 radical (unpaired) electrons. The van der Waals surface area contributed by atoms with Gasteiger partial charge < -0.3 is 5.73 Å². The van der Waals surface area contributed by atoms with Gasteiger partial charge in [-0.1, -0.05) is 0 Å². The van der Waals surface area contributed by atoms with Gasteiger partial charge in [0.2, 0.25) is 0 Å². The molecule has 0 amide bonds. The number of hydrogen-bond donors (Lipinski definition) is 1. The Bertz CT molecular complexity index is 626. The van der Waals surface area contributed by atoms with Crippen LogP contribution in [0.15, 0.2) is 18.2 Å². The third kappa shape index (κ3) is 1.70. The molecule has 18 heavy (non-hydrogen) atoms. The number of halogens is 1. The van der Waals surface area contributed by atoms with Crippen molar-refractivity contribution in [3.05, 3.63) is 40.8 Å². The average Bonchev–Trinajstić information content (AvgIpc) is 2.71. The van der Waals surface area contributed by atoms with Crippen molar-refractivity contribution in [2.45, 2.75) is 38.6 Å². The van der Waals surface area contributed by atoms with Crippen LogP contribution in [-0.2, 0) is 18.4 Å². The van der Waals surface area contributed by atoms with Crippen LogP contribution in [0.5, 0.6) is 0 Å². The molecule has 0 unspecified atom stereocenters. The predicted octanol–water partition coefficient (Wildman–Crippen LogP) is 3.06. The van der Waals surface area contributed by atoms with Crippen molar-refractivity contribution < 1.29 is 4.39 Å². The minimum absolute atomic E-state index is 0.229. The topological polar surface area (TPSA) is 38.9 Å². The van der Waals surface area contributed by atoms with E-state index in [-0.39, 0.29) is 5.82 Å². The van der Waals surface area contributed by atoms with Gasteiger partial charge in [-0.3, -0.25) is 4.98 Å². The van der Waals surface area contributed by atoms with E-state index in [1.54, 1.807) is 12.1 Å². The lowest BCUT2D eigenvalue weighted by atomic mass is 9.87. The molecule has 1 heterocycles. The Morgan fingerprint density at radius 1 is 1.28 bits per heavy atom. The molecule has 0 saturated carbocycles. The molecule has 1 aromatic heterocycles. The first-order valence-electron chi connectivity index (χ1n) is 6.37. The van der Waals surface area contributed by atoms with Crippen molar-refractivity contribution in [3.63, 3.8) is 0 Å². The minimum Gasteiger partial charge on any atom is -0.322 e. The summed E-state index contributed by atoms with van der Waals surface area (Å²) in [5.74, 6) is -0.229. The summed E-state index contributed by atoms with van der Waals surface area (Å²) in [6.07, 6.45) is 3.13. The highest BCUT2D eigenvalue weighted by atomic mass is 19.1. The lowest BCUT2D eigenvalue weighted by Gasteiger charge is -2.24. The van der Waals surface area contributed by atoms with Crippen molar-refractivity contribution in [2.75, 3.05) is 0 Å². The summed E-state index contributed by atoms with van der Waals surface area (Å²) >= 11 is 0. The number of fused-ring (bicyclic) bond motifs is 2. The van der Waals surface area contributed by atoms with E-state index in [4.69, 9.17) is 5.73 Å². The van der Waals surface area contributed by atoms with E-state index in [0.717, 1.165) is 41.4 Å². The highest BCUT2D eigenvalue weighted by molar-refractivity contribution is 5.85. The zero-order chi connectivity index (χ0) is 12.9. The van der Waals surface area contributed by atoms with Gasteiger partial charge in [0.25, 0.3) is 0 Å². The molecule has 0 fully saturated rings. The fourth-order valence-electron chi connectivity index (χ4n) is 2.97. The first-order valence-corrected chi connectivity index (χ1v) is 6.37. The van der Waals surface area contributed by atoms with Crippen LogP contribution in [0, 0.1) is 5.82 Å². The predicted molar refractivity (Wildman–Crippen MR) is 70.9 cm³/mol. The number of aryl methyl sites for hydroxylation is 1. The second kappa shape index (κ2) is 3.75. The van der Waals surface area contributed by atoms with Gasteiger partial charge in [-0.2, -0.15) is 0 Å². The third-order valence-electron chi connectivity index (χ3n) is 3.62. The summed E-state index contributed by atoms with van der Waals surface area (Å²) in [5.41, 5.74) is 10.1. The molecule has 94 valence electrons. The van der Waals surface area contributed by atoms with Crippen molar-refractivity contribution in [2.24, 2.45) is 5.73 Å². The fraction of sp³-hybridized carbons (Fsp3) is 0.400. The summed E-state index contributed by atoms with van der Waals surface area (Å²) in [4.78, 5) is 4.65. The van der Waals surface area contributed by atoms with E-state index in [1.807, 2.05) is 13.8 Å². The molecule has 1 aromatic carbocycles. The van der Waals surface area contributed by atoms with Crippen molar-refractivity contribution in [3.8, 4) is 0 Å². The molecule has 2 aromatic rings. The number of aromatic nitrogens is 1. The van der Waals surface area contributed by atoms with E-state index in [9.17, 15) is 4.39 Å². The van der Waals surface area contributed by atoms with Crippen LogP contribution in [0.25, 0.3) is 10.9 Å². The number of benzene rings is 1. The first-order chi connectivity index (χ1) is 8.47. The maximum Gasteiger partial charge on any atom is 0.123 e. The lowest BCUT2D eigenvalue weighted by Crippen LogP contribution is -2.30. The molecule has 3 rings (SSSR count). The average molecular weight is 244 g/mol. The van der Waals surface area contributed by atoms with Gasteiger partial charge in [-0.25, -0.2) is 4.39 Å². The molecule has 2 N–H and O–H groups in total. The zero-order valence-corrected chi connectivity index (χ0v) is 10.8. The van der Waals surface area contributed by atoms with E-state index >= 15 is 0 Å². The standard InChI is InChI=1S/C15H17FN2/c1-15(2,17)14-10-4-3-5-12(10)18-13-7-6-9(16)8-11(13)14/h6-8H,3-5,17H2,1-2H3. The first kappa shape index (κ1) is 11.6. The van der Waals surface area contributed by atoms with Gasteiger partial charge in [0.05, 0.1) is 5.52 Å². The van der Waals surface area contributed by atoms with Crippen LogP contribution < -0.4 is 5.73 Å². The summed E-state index contributed by atoms with van der Waals surface area (Å²) < 4.78 is 13.5. The SMILES string of the molecule is CC(C)(N)c1c2c(nc3ccc(F)cc13)CCC2. The largest absolute Gasteiger partial charge is 0.322 e.